The predicted molar refractivity (Wildman–Crippen MR) is 76.5 cm³/mol. The van der Waals surface area contributed by atoms with Crippen molar-refractivity contribution in [2.45, 2.75) is 23.2 Å². The maximum absolute atomic E-state index is 12.0. The molecule has 2 aromatic rings. The Hall–Kier alpha value is -1.53. The van der Waals surface area contributed by atoms with Crippen LogP contribution in [0.15, 0.2) is 28.2 Å². The summed E-state index contributed by atoms with van der Waals surface area (Å²) in [5, 5.41) is 1.67. The van der Waals surface area contributed by atoms with Gasteiger partial charge < -0.3 is 15.5 Å². The molecule has 0 atom stereocenters. The standard InChI is InChI=1S/C13H15N3O2S/c14-8-1-2-11-10(7-8)12(17)16-13(15-11)19-9-3-5-18-6-4-9/h1-2,7,9H,3-6,14H2,(H,15,16,17). The van der Waals surface area contributed by atoms with Crippen molar-refractivity contribution in [3.8, 4) is 0 Å². The Bertz CT molecular complexity index is 650. The number of aromatic nitrogens is 2. The first-order valence-electron chi connectivity index (χ1n) is 6.26. The number of anilines is 1. The van der Waals surface area contributed by atoms with Crippen LogP contribution in [0, 0.1) is 0 Å². The van der Waals surface area contributed by atoms with Gasteiger partial charge in [-0.15, -0.1) is 0 Å². The van der Waals surface area contributed by atoms with Crippen LogP contribution >= 0.6 is 11.8 Å². The molecule has 3 rings (SSSR count). The van der Waals surface area contributed by atoms with Gasteiger partial charge in [0.2, 0.25) is 0 Å². The Balaban J connectivity index is 1.92. The zero-order valence-corrected chi connectivity index (χ0v) is 11.2. The van der Waals surface area contributed by atoms with Gasteiger partial charge in [-0.3, -0.25) is 4.79 Å². The molecule has 1 aromatic carbocycles. The van der Waals surface area contributed by atoms with Crippen LogP contribution in [0.4, 0.5) is 5.69 Å². The number of nitrogen functional groups attached to an aromatic ring is 1. The lowest BCUT2D eigenvalue weighted by Gasteiger charge is -2.20. The second kappa shape index (κ2) is 5.22. The maximum atomic E-state index is 12.0. The lowest BCUT2D eigenvalue weighted by atomic mass is 10.2. The SMILES string of the molecule is Nc1ccc2nc(SC3CCOCC3)[nH]c(=O)c2c1. The highest BCUT2D eigenvalue weighted by Crippen LogP contribution is 2.27. The normalized spacial score (nSPS) is 16.8. The van der Waals surface area contributed by atoms with E-state index < -0.39 is 0 Å². The molecule has 1 fully saturated rings. The van der Waals surface area contributed by atoms with Gasteiger partial charge in [0.25, 0.3) is 5.56 Å². The number of hydrogen-bond donors (Lipinski definition) is 2. The lowest BCUT2D eigenvalue weighted by Crippen LogP contribution is -2.18. The van der Waals surface area contributed by atoms with Crippen LogP contribution in [0.5, 0.6) is 0 Å². The minimum Gasteiger partial charge on any atom is -0.399 e. The molecule has 1 aliphatic rings. The van der Waals surface area contributed by atoms with E-state index in [1.54, 1.807) is 30.0 Å². The van der Waals surface area contributed by atoms with Crippen LogP contribution in [0.3, 0.4) is 0 Å². The summed E-state index contributed by atoms with van der Waals surface area (Å²) in [5.74, 6) is 0. The van der Waals surface area contributed by atoms with E-state index in [9.17, 15) is 4.79 Å². The predicted octanol–water partition coefficient (Wildman–Crippen LogP) is 1.78. The van der Waals surface area contributed by atoms with Crippen molar-refractivity contribution >= 4 is 28.4 Å². The van der Waals surface area contributed by atoms with Crippen molar-refractivity contribution in [1.82, 2.24) is 9.97 Å². The largest absolute Gasteiger partial charge is 0.399 e. The molecule has 0 aliphatic carbocycles. The summed E-state index contributed by atoms with van der Waals surface area (Å²) < 4.78 is 5.32. The van der Waals surface area contributed by atoms with E-state index in [1.165, 1.54) is 0 Å². The average molecular weight is 277 g/mol. The minimum absolute atomic E-state index is 0.133. The molecule has 1 aromatic heterocycles. The third-order valence-electron chi connectivity index (χ3n) is 3.15. The summed E-state index contributed by atoms with van der Waals surface area (Å²) in [4.78, 5) is 19.3. The second-order valence-corrected chi connectivity index (χ2v) is 5.87. The number of rotatable bonds is 2. The number of ether oxygens (including phenoxy) is 1. The first-order valence-corrected chi connectivity index (χ1v) is 7.14. The molecule has 0 bridgehead atoms. The number of fused-ring (bicyclic) bond motifs is 1. The van der Waals surface area contributed by atoms with Crippen molar-refractivity contribution < 1.29 is 4.74 Å². The molecule has 3 N–H and O–H groups in total. The van der Waals surface area contributed by atoms with Crippen molar-refractivity contribution in [3.63, 3.8) is 0 Å². The van der Waals surface area contributed by atoms with Crippen molar-refractivity contribution in [3.05, 3.63) is 28.6 Å². The smallest absolute Gasteiger partial charge is 0.259 e. The van der Waals surface area contributed by atoms with Crippen LogP contribution in [0.25, 0.3) is 10.9 Å². The molecule has 0 unspecified atom stereocenters. The molecule has 0 saturated carbocycles. The topological polar surface area (TPSA) is 81.0 Å². The molecule has 0 amide bonds. The lowest BCUT2D eigenvalue weighted by molar-refractivity contribution is 0.1000. The molecule has 19 heavy (non-hydrogen) atoms. The Morgan fingerprint density at radius 1 is 1.37 bits per heavy atom. The third-order valence-corrected chi connectivity index (χ3v) is 4.38. The van der Waals surface area contributed by atoms with Gasteiger partial charge in [-0.1, -0.05) is 11.8 Å². The summed E-state index contributed by atoms with van der Waals surface area (Å²) in [7, 11) is 0. The molecule has 2 heterocycles. The molecule has 1 aliphatic heterocycles. The molecular formula is C13H15N3O2S. The van der Waals surface area contributed by atoms with Gasteiger partial charge >= 0.3 is 0 Å². The van der Waals surface area contributed by atoms with Gasteiger partial charge in [0, 0.05) is 24.2 Å². The minimum atomic E-state index is -0.133. The third kappa shape index (κ3) is 2.74. The first kappa shape index (κ1) is 12.5. The monoisotopic (exact) mass is 277 g/mol. The number of hydrogen-bond acceptors (Lipinski definition) is 5. The molecule has 100 valence electrons. The van der Waals surface area contributed by atoms with Gasteiger partial charge in [-0.2, -0.15) is 0 Å². The quantitative estimate of drug-likeness (QED) is 0.646. The summed E-state index contributed by atoms with van der Waals surface area (Å²) >= 11 is 1.62. The Morgan fingerprint density at radius 2 is 2.16 bits per heavy atom. The zero-order chi connectivity index (χ0) is 13.2. The van der Waals surface area contributed by atoms with Crippen molar-refractivity contribution in [2.75, 3.05) is 18.9 Å². The fraction of sp³-hybridized carbons (Fsp3) is 0.385. The first-order chi connectivity index (χ1) is 9.22. The summed E-state index contributed by atoms with van der Waals surface area (Å²) in [6.07, 6.45) is 1.99. The van der Waals surface area contributed by atoms with E-state index in [1.807, 2.05) is 0 Å². The second-order valence-electron chi connectivity index (χ2n) is 4.58. The summed E-state index contributed by atoms with van der Waals surface area (Å²) in [6.45, 7) is 1.57. The van der Waals surface area contributed by atoms with E-state index >= 15 is 0 Å². The van der Waals surface area contributed by atoms with Crippen molar-refractivity contribution in [2.24, 2.45) is 0 Å². The molecule has 5 nitrogen and oxygen atoms in total. The van der Waals surface area contributed by atoms with E-state index in [0.717, 1.165) is 26.1 Å². The fourth-order valence-electron chi connectivity index (χ4n) is 2.14. The number of H-pyrrole nitrogens is 1. The highest BCUT2D eigenvalue weighted by molar-refractivity contribution is 7.99. The van der Waals surface area contributed by atoms with Crippen LogP contribution in [0.2, 0.25) is 0 Å². The maximum Gasteiger partial charge on any atom is 0.259 e. The number of nitrogens with two attached hydrogens (primary N) is 1. The van der Waals surface area contributed by atoms with E-state index in [4.69, 9.17) is 10.5 Å². The van der Waals surface area contributed by atoms with Gasteiger partial charge in [-0.25, -0.2) is 4.98 Å². The highest BCUT2D eigenvalue weighted by atomic mass is 32.2. The average Bonchev–Trinajstić information content (AvgIpc) is 2.41. The molecule has 1 saturated heterocycles. The number of nitrogens with one attached hydrogen (secondary N) is 1. The summed E-state index contributed by atoms with van der Waals surface area (Å²) in [6, 6.07) is 5.20. The van der Waals surface area contributed by atoms with E-state index in [0.29, 0.717) is 27.0 Å². The van der Waals surface area contributed by atoms with Crippen LogP contribution in [-0.2, 0) is 4.74 Å². The molecule has 0 spiro atoms. The zero-order valence-electron chi connectivity index (χ0n) is 10.4. The molecule has 0 radical (unpaired) electrons. The fourth-order valence-corrected chi connectivity index (χ4v) is 3.19. The van der Waals surface area contributed by atoms with Gasteiger partial charge in [-0.05, 0) is 31.0 Å². The Kier molecular flexibility index (Phi) is 3.44. The van der Waals surface area contributed by atoms with Crippen molar-refractivity contribution in [1.29, 1.82) is 0 Å². The molecule has 6 heteroatoms. The Morgan fingerprint density at radius 3 is 2.95 bits per heavy atom. The van der Waals surface area contributed by atoms with Crippen LogP contribution in [0.1, 0.15) is 12.8 Å². The number of nitrogens with zero attached hydrogens (tertiary/aromatic N) is 1. The van der Waals surface area contributed by atoms with Gasteiger partial charge in [0.15, 0.2) is 5.16 Å². The van der Waals surface area contributed by atoms with E-state index in [-0.39, 0.29) is 5.56 Å². The van der Waals surface area contributed by atoms with Gasteiger partial charge in [0.1, 0.15) is 0 Å². The number of aromatic amines is 1. The Labute approximate surface area is 114 Å². The highest BCUT2D eigenvalue weighted by Gasteiger charge is 2.16. The number of benzene rings is 1. The summed E-state index contributed by atoms with van der Waals surface area (Å²) in [5.41, 5.74) is 6.81. The van der Waals surface area contributed by atoms with Crippen LogP contribution < -0.4 is 11.3 Å². The van der Waals surface area contributed by atoms with E-state index in [2.05, 4.69) is 9.97 Å². The van der Waals surface area contributed by atoms with Gasteiger partial charge in [0.05, 0.1) is 10.9 Å². The molecular weight excluding hydrogens is 262 g/mol. The number of thioether (sulfide) groups is 1. The van der Waals surface area contributed by atoms with Crippen LogP contribution in [-0.4, -0.2) is 28.4 Å².